The largest absolute Gasteiger partial charge is 0.355 e. The number of fused-ring (bicyclic) bond motifs is 1. The second-order valence-corrected chi connectivity index (χ2v) is 10.7. The molecule has 0 aromatic heterocycles. The van der Waals surface area contributed by atoms with Crippen molar-refractivity contribution in [1.29, 1.82) is 0 Å². The summed E-state index contributed by atoms with van der Waals surface area (Å²) in [6, 6.07) is 25.4. The summed E-state index contributed by atoms with van der Waals surface area (Å²) in [7, 11) is -2.25. The molecule has 3 aliphatic carbocycles. The second kappa shape index (κ2) is 8.19. The topological polar surface area (TPSA) is 66.5 Å². The first kappa shape index (κ1) is 20.9. The van der Waals surface area contributed by atoms with Gasteiger partial charge >= 0.3 is 0 Å². The van der Waals surface area contributed by atoms with Gasteiger partial charge in [-0.2, -0.15) is 4.31 Å². The maximum atomic E-state index is 12.7. The van der Waals surface area contributed by atoms with Crippen LogP contribution in [-0.4, -0.2) is 38.8 Å². The van der Waals surface area contributed by atoms with Crippen LogP contribution < -0.4 is 5.32 Å². The molecular weight excluding hydrogens is 420 g/mol. The third-order valence-electron chi connectivity index (χ3n) is 6.80. The molecule has 3 aromatic carbocycles. The van der Waals surface area contributed by atoms with Crippen LogP contribution in [0.2, 0.25) is 0 Å². The predicted octanol–water partition coefficient (Wildman–Crippen LogP) is 3.72. The molecule has 5 nitrogen and oxygen atoms in total. The van der Waals surface area contributed by atoms with Crippen molar-refractivity contribution < 1.29 is 13.2 Å². The van der Waals surface area contributed by atoms with Crippen molar-refractivity contribution in [3.8, 4) is 0 Å². The van der Waals surface area contributed by atoms with E-state index in [0.717, 1.165) is 10.7 Å². The highest BCUT2D eigenvalue weighted by Crippen LogP contribution is 2.55. The van der Waals surface area contributed by atoms with E-state index >= 15 is 0 Å². The Bertz CT molecular complexity index is 1210. The number of nitrogens with zero attached hydrogens (tertiary/aromatic N) is 1. The van der Waals surface area contributed by atoms with Crippen LogP contribution in [0.3, 0.4) is 0 Å². The summed E-state index contributed by atoms with van der Waals surface area (Å²) in [4.78, 5) is 12.8. The molecule has 3 aromatic rings. The number of hydrogen-bond acceptors (Lipinski definition) is 3. The first-order chi connectivity index (χ1) is 15.5. The summed E-state index contributed by atoms with van der Waals surface area (Å²) in [5.41, 5.74) is 5.50. The van der Waals surface area contributed by atoms with Crippen LogP contribution in [0, 0.1) is 5.92 Å². The molecule has 2 bridgehead atoms. The average Bonchev–Trinajstić information content (AvgIpc) is 2.83. The summed E-state index contributed by atoms with van der Waals surface area (Å²) in [5, 5.41) is 3.01. The third-order valence-corrected chi connectivity index (χ3v) is 8.62. The third kappa shape index (κ3) is 3.53. The summed E-state index contributed by atoms with van der Waals surface area (Å²) in [5.74, 6) is 0.591. The molecule has 0 fully saturated rings. The molecule has 0 saturated carbocycles. The van der Waals surface area contributed by atoms with Crippen LogP contribution in [0.1, 0.15) is 40.5 Å². The van der Waals surface area contributed by atoms with E-state index in [4.69, 9.17) is 0 Å². The Hall–Kier alpha value is -2.96. The Morgan fingerprint density at radius 2 is 1.41 bits per heavy atom. The smallest absolute Gasteiger partial charge is 0.243 e. The van der Waals surface area contributed by atoms with E-state index in [2.05, 4.69) is 53.8 Å². The molecule has 1 atom stereocenters. The van der Waals surface area contributed by atoms with Crippen LogP contribution >= 0.6 is 0 Å². The Kier molecular flexibility index (Phi) is 5.35. The number of rotatable bonds is 6. The van der Waals surface area contributed by atoms with Crippen molar-refractivity contribution >= 4 is 15.9 Å². The molecule has 0 radical (unpaired) electrons. The number of carbonyl (C=O) groups is 1. The highest BCUT2D eigenvalue weighted by Gasteiger charge is 2.42. The number of nitrogens with one attached hydrogen (secondary N) is 1. The van der Waals surface area contributed by atoms with Gasteiger partial charge < -0.3 is 5.32 Å². The molecule has 0 saturated heterocycles. The van der Waals surface area contributed by atoms with E-state index < -0.39 is 10.0 Å². The molecule has 164 valence electrons. The molecule has 0 heterocycles. The Balaban J connectivity index is 1.29. The van der Waals surface area contributed by atoms with Crippen molar-refractivity contribution in [3.63, 3.8) is 0 Å². The lowest BCUT2D eigenvalue weighted by molar-refractivity contribution is -0.121. The Morgan fingerprint density at radius 1 is 0.875 bits per heavy atom. The average molecular weight is 447 g/mol. The van der Waals surface area contributed by atoms with Crippen molar-refractivity contribution in [1.82, 2.24) is 9.62 Å². The zero-order chi connectivity index (χ0) is 22.3. The maximum absolute atomic E-state index is 12.7. The lowest BCUT2D eigenvalue weighted by Crippen LogP contribution is -2.43. The highest BCUT2D eigenvalue weighted by atomic mass is 32.2. The summed E-state index contributed by atoms with van der Waals surface area (Å²) >= 11 is 0. The molecule has 1 unspecified atom stereocenters. The molecule has 3 aliphatic rings. The second-order valence-electron chi connectivity index (χ2n) is 8.66. The highest BCUT2D eigenvalue weighted by molar-refractivity contribution is 7.89. The minimum Gasteiger partial charge on any atom is -0.355 e. The van der Waals surface area contributed by atoms with Gasteiger partial charge in [-0.1, -0.05) is 66.7 Å². The molecule has 1 N–H and O–H groups in total. The molecule has 32 heavy (non-hydrogen) atoms. The number of carbonyl (C=O) groups excluding carboxylic acids is 1. The van der Waals surface area contributed by atoms with E-state index in [0.29, 0.717) is 12.5 Å². The van der Waals surface area contributed by atoms with Gasteiger partial charge in [-0.05, 0) is 46.7 Å². The van der Waals surface area contributed by atoms with Crippen LogP contribution in [0.25, 0.3) is 0 Å². The van der Waals surface area contributed by atoms with E-state index in [9.17, 15) is 13.2 Å². The van der Waals surface area contributed by atoms with Gasteiger partial charge in [0.15, 0.2) is 0 Å². The number of sulfonamides is 1. The molecule has 6 heteroatoms. The molecule has 0 spiro atoms. The summed E-state index contributed by atoms with van der Waals surface area (Å²) < 4.78 is 26.5. The van der Waals surface area contributed by atoms with Crippen LogP contribution in [-0.2, 0) is 14.8 Å². The normalized spacial score (nSPS) is 21.1. The lowest BCUT2D eigenvalue weighted by Gasteiger charge is -2.45. The fraction of sp³-hybridized carbons (Fsp3) is 0.269. The van der Waals surface area contributed by atoms with Crippen molar-refractivity contribution in [2.45, 2.75) is 23.2 Å². The zero-order valence-electron chi connectivity index (χ0n) is 17.9. The Morgan fingerprint density at radius 3 is 2.00 bits per heavy atom. The lowest BCUT2D eigenvalue weighted by atomic mass is 9.59. The monoisotopic (exact) mass is 446 g/mol. The fourth-order valence-corrected chi connectivity index (χ4v) is 6.47. The van der Waals surface area contributed by atoms with Gasteiger partial charge in [0.25, 0.3) is 0 Å². The van der Waals surface area contributed by atoms with Crippen LogP contribution in [0.4, 0.5) is 0 Å². The van der Waals surface area contributed by atoms with Crippen molar-refractivity contribution in [2.75, 3.05) is 20.1 Å². The van der Waals surface area contributed by atoms with E-state index in [1.54, 1.807) is 18.2 Å². The zero-order valence-corrected chi connectivity index (χ0v) is 18.8. The standard InChI is InChI=1S/C26H26N2O3S/c1-28(32(30,31)19-9-3-2-4-10-19)17-25(29)27-16-18-15-24-20-11-5-7-13-22(20)26(18)23-14-8-6-12-21(23)24/h2-14,18,24,26H,15-17H2,1H3,(H,27,29). The minimum atomic E-state index is -3.69. The fourth-order valence-electron chi connectivity index (χ4n) is 5.32. The van der Waals surface area contributed by atoms with Gasteiger partial charge in [-0.25, -0.2) is 8.42 Å². The van der Waals surface area contributed by atoms with E-state index in [1.807, 2.05) is 0 Å². The minimum absolute atomic E-state index is 0.188. The molecule has 0 aliphatic heterocycles. The maximum Gasteiger partial charge on any atom is 0.243 e. The van der Waals surface area contributed by atoms with Crippen LogP contribution in [0.5, 0.6) is 0 Å². The molecule has 6 rings (SSSR count). The SMILES string of the molecule is CN(CC(=O)NCC1CC2c3ccccc3C1c1ccccc12)S(=O)(=O)c1ccccc1. The molecule has 1 amide bonds. The first-order valence-electron chi connectivity index (χ1n) is 10.9. The number of likely N-dealkylation sites (N-methyl/N-ethyl adjacent to an activating group) is 1. The van der Waals surface area contributed by atoms with Gasteiger partial charge in [0.1, 0.15) is 0 Å². The van der Waals surface area contributed by atoms with Crippen molar-refractivity contribution in [2.24, 2.45) is 5.92 Å². The van der Waals surface area contributed by atoms with Crippen molar-refractivity contribution in [3.05, 3.63) is 101 Å². The van der Waals surface area contributed by atoms with Gasteiger partial charge in [0.05, 0.1) is 11.4 Å². The van der Waals surface area contributed by atoms with Gasteiger partial charge in [-0.3, -0.25) is 4.79 Å². The number of amides is 1. The quantitative estimate of drug-likeness (QED) is 0.628. The predicted molar refractivity (Wildman–Crippen MR) is 124 cm³/mol. The molecular formula is C26H26N2O3S. The summed E-state index contributed by atoms with van der Waals surface area (Å²) in [6.07, 6.45) is 0.983. The van der Waals surface area contributed by atoms with Gasteiger partial charge in [0, 0.05) is 25.4 Å². The number of hydrogen-bond donors (Lipinski definition) is 1. The first-order valence-corrected chi connectivity index (χ1v) is 12.4. The van der Waals surface area contributed by atoms with E-state index in [-0.39, 0.29) is 29.2 Å². The summed E-state index contributed by atoms with van der Waals surface area (Å²) in [6.45, 7) is 0.326. The Labute approximate surface area is 189 Å². The van der Waals surface area contributed by atoms with Gasteiger partial charge in [-0.15, -0.1) is 0 Å². The van der Waals surface area contributed by atoms with Crippen LogP contribution in [0.15, 0.2) is 83.8 Å². The van der Waals surface area contributed by atoms with E-state index in [1.165, 1.54) is 41.4 Å². The number of benzene rings is 3. The van der Waals surface area contributed by atoms with Gasteiger partial charge in [0.2, 0.25) is 15.9 Å².